The number of hydrogen-bond acceptors (Lipinski definition) is 3. The molecule has 2 rings (SSSR count). The lowest BCUT2D eigenvalue weighted by atomic mass is 9.89. The number of rotatable bonds is 1. The van der Waals surface area contributed by atoms with Crippen molar-refractivity contribution in [1.29, 1.82) is 0 Å². The highest BCUT2D eigenvalue weighted by atomic mass is 16.2. The van der Waals surface area contributed by atoms with Gasteiger partial charge in [-0.3, -0.25) is 9.69 Å². The summed E-state index contributed by atoms with van der Waals surface area (Å²) in [7, 11) is 0. The van der Waals surface area contributed by atoms with E-state index >= 15 is 0 Å². The van der Waals surface area contributed by atoms with Gasteiger partial charge in [0.25, 0.3) is 0 Å². The van der Waals surface area contributed by atoms with Crippen LogP contribution in [-0.2, 0) is 10.2 Å². The summed E-state index contributed by atoms with van der Waals surface area (Å²) in [6.07, 6.45) is 5.15. The van der Waals surface area contributed by atoms with Crippen molar-refractivity contribution in [3.8, 4) is 0 Å². The van der Waals surface area contributed by atoms with E-state index < -0.39 is 0 Å². The van der Waals surface area contributed by atoms with Crippen LogP contribution in [0.1, 0.15) is 39.2 Å². The molecule has 1 aliphatic rings. The summed E-state index contributed by atoms with van der Waals surface area (Å²) in [5, 5.41) is 0. The first-order chi connectivity index (χ1) is 7.48. The Morgan fingerprint density at radius 2 is 1.88 bits per heavy atom. The van der Waals surface area contributed by atoms with Gasteiger partial charge in [0.2, 0.25) is 11.9 Å². The maximum atomic E-state index is 11.5. The van der Waals surface area contributed by atoms with Crippen LogP contribution < -0.4 is 4.90 Å². The summed E-state index contributed by atoms with van der Waals surface area (Å²) in [5.41, 5.74) is 1.14. The van der Waals surface area contributed by atoms with E-state index in [-0.39, 0.29) is 11.3 Å². The first-order valence-corrected chi connectivity index (χ1v) is 5.61. The third kappa shape index (κ3) is 2.05. The minimum absolute atomic E-state index is 0.0492. The predicted molar refractivity (Wildman–Crippen MR) is 62.3 cm³/mol. The number of nitrogens with zero attached hydrogens (tertiary/aromatic N) is 3. The molecule has 1 amide bonds. The Hall–Kier alpha value is -1.45. The van der Waals surface area contributed by atoms with E-state index in [1.54, 1.807) is 4.90 Å². The molecule has 0 bridgehead atoms. The van der Waals surface area contributed by atoms with Gasteiger partial charge in [-0.25, -0.2) is 9.97 Å². The molecule has 1 aromatic rings. The number of anilines is 1. The Morgan fingerprint density at radius 3 is 2.31 bits per heavy atom. The second-order valence-electron chi connectivity index (χ2n) is 5.17. The third-order valence-electron chi connectivity index (χ3n) is 2.82. The number of amides is 1. The fourth-order valence-electron chi connectivity index (χ4n) is 1.71. The number of carbonyl (C=O) groups is 1. The molecular formula is C12H17N3O. The molecule has 16 heavy (non-hydrogen) atoms. The summed E-state index contributed by atoms with van der Waals surface area (Å²) in [6.45, 7) is 7.10. The normalized spacial score (nSPS) is 16.9. The average Bonchev–Trinajstić information content (AvgIpc) is 2.63. The monoisotopic (exact) mass is 219 g/mol. The minimum atomic E-state index is 0.0492. The fraction of sp³-hybridized carbons (Fsp3) is 0.583. The van der Waals surface area contributed by atoms with Crippen LogP contribution in [0.15, 0.2) is 12.4 Å². The maximum Gasteiger partial charge on any atom is 0.232 e. The van der Waals surface area contributed by atoms with Crippen LogP contribution in [0.4, 0.5) is 5.95 Å². The van der Waals surface area contributed by atoms with Crippen LogP contribution in [0.3, 0.4) is 0 Å². The molecule has 1 aliphatic heterocycles. The molecule has 0 N–H and O–H groups in total. The molecule has 1 fully saturated rings. The predicted octanol–water partition coefficient (Wildman–Crippen LogP) is 1.90. The van der Waals surface area contributed by atoms with Crippen LogP contribution in [0.2, 0.25) is 0 Å². The van der Waals surface area contributed by atoms with E-state index in [1.165, 1.54) is 0 Å². The first kappa shape index (κ1) is 11.0. The second kappa shape index (κ2) is 3.85. The molecule has 1 aromatic heterocycles. The van der Waals surface area contributed by atoms with E-state index in [9.17, 15) is 4.79 Å². The van der Waals surface area contributed by atoms with Gasteiger partial charge in [0.1, 0.15) is 0 Å². The highest BCUT2D eigenvalue weighted by Gasteiger charge is 2.24. The smallest absolute Gasteiger partial charge is 0.232 e. The van der Waals surface area contributed by atoms with Gasteiger partial charge in [-0.1, -0.05) is 20.8 Å². The van der Waals surface area contributed by atoms with Crippen molar-refractivity contribution in [3.63, 3.8) is 0 Å². The zero-order chi connectivity index (χ0) is 11.8. The Labute approximate surface area is 95.7 Å². The fourth-order valence-corrected chi connectivity index (χ4v) is 1.71. The molecule has 0 unspecified atom stereocenters. The van der Waals surface area contributed by atoms with Crippen molar-refractivity contribution in [1.82, 2.24) is 9.97 Å². The van der Waals surface area contributed by atoms with Gasteiger partial charge in [0, 0.05) is 25.4 Å². The lowest BCUT2D eigenvalue weighted by Crippen LogP contribution is -2.26. The van der Waals surface area contributed by atoms with Crippen molar-refractivity contribution in [2.45, 2.75) is 39.0 Å². The largest absolute Gasteiger partial charge is 0.281 e. The van der Waals surface area contributed by atoms with Crippen molar-refractivity contribution in [3.05, 3.63) is 18.0 Å². The summed E-state index contributed by atoms with van der Waals surface area (Å²) in [5.74, 6) is 0.666. The van der Waals surface area contributed by atoms with Crippen molar-refractivity contribution in [2.75, 3.05) is 11.4 Å². The molecule has 86 valence electrons. The molecular weight excluding hydrogens is 202 g/mol. The summed E-state index contributed by atoms with van der Waals surface area (Å²) < 4.78 is 0. The van der Waals surface area contributed by atoms with Gasteiger partial charge in [-0.05, 0) is 17.4 Å². The summed E-state index contributed by atoms with van der Waals surface area (Å²) in [6, 6.07) is 0. The van der Waals surface area contributed by atoms with Crippen LogP contribution in [0.5, 0.6) is 0 Å². The molecule has 0 spiro atoms. The second-order valence-corrected chi connectivity index (χ2v) is 5.17. The molecule has 4 heteroatoms. The first-order valence-electron chi connectivity index (χ1n) is 5.61. The number of aromatic nitrogens is 2. The zero-order valence-corrected chi connectivity index (χ0v) is 10.0. The molecule has 0 saturated carbocycles. The van der Waals surface area contributed by atoms with Gasteiger partial charge in [-0.2, -0.15) is 0 Å². The van der Waals surface area contributed by atoms with Crippen molar-refractivity contribution in [2.24, 2.45) is 0 Å². The van der Waals surface area contributed by atoms with E-state index in [0.29, 0.717) is 12.4 Å². The lowest BCUT2D eigenvalue weighted by Gasteiger charge is -2.19. The van der Waals surface area contributed by atoms with E-state index in [0.717, 1.165) is 18.5 Å². The molecule has 0 aromatic carbocycles. The maximum absolute atomic E-state index is 11.5. The van der Waals surface area contributed by atoms with Crippen LogP contribution in [-0.4, -0.2) is 22.4 Å². The summed E-state index contributed by atoms with van der Waals surface area (Å²) in [4.78, 5) is 21.7. The number of hydrogen-bond donors (Lipinski definition) is 0. The van der Waals surface area contributed by atoms with Gasteiger partial charge >= 0.3 is 0 Å². The lowest BCUT2D eigenvalue weighted by molar-refractivity contribution is -0.117. The van der Waals surface area contributed by atoms with Gasteiger partial charge in [0.05, 0.1) is 0 Å². The average molecular weight is 219 g/mol. The highest BCUT2D eigenvalue weighted by molar-refractivity contribution is 5.93. The van der Waals surface area contributed by atoms with Gasteiger partial charge in [0.15, 0.2) is 0 Å². The minimum Gasteiger partial charge on any atom is -0.281 e. The van der Waals surface area contributed by atoms with Gasteiger partial charge in [-0.15, -0.1) is 0 Å². The Kier molecular flexibility index (Phi) is 2.66. The molecule has 0 radical (unpaired) electrons. The van der Waals surface area contributed by atoms with E-state index in [1.807, 2.05) is 12.4 Å². The summed E-state index contributed by atoms with van der Waals surface area (Å²) >= 11 is 0. The van der Waals surface area contributed by atoms with E-state index in [4.69, 9.17) is 0 Å². The zero-order valence-electron chi connectivity index (χ0n) is 10.0. The Bertz CT molecular complexity index is 392. The number of carbonyl (C=O) groups excluding carboxylic acids is 1. The topological polar surface area (TPSA) is 46.1 Å². The molecule has 1 saturated heterocycles. The van der Waals surface area contributed by atoms with Crippen molar-refractivity contribution >= 4 is 11.9 Å². The Balaban J connectivity index is 2.22. The quantitative estimate of drug-likeness (QED) is 0.724. The molecule has 0 atom stereocenters. The molecule has 4 nitrogen and oxygen atoms in total. The molecule has 0 aliphatic carbocycles. The standard InChI is InChI=1S/C12H17N3O/c1-12(2,3)9-7-13-11(14-8-9)15-6-4-5-10(15)16/h7-8H,4-6H2,1-3H3. The molecule has 2 heterocycles. The van der Waals surface area contributed by atoms with Crippen molar-refractivity contribution < 1.29 is 4.79 Å². The van der Waals surface area contributed by atoms with Crippen LogP contribution >= 0.6 is 0 Å². The van der Waals surface area contributed by atoms with Crippen LogP contribution in [0, 0.1) is 0 Å². The highest BCUT2D eigenvalue weighted by Crippen LogP contribution is 2.22. The van der Waals surface area contributed by atoms with Crippen LogP contribution in [0.25, 0.3) is 0 Å². The third-order valence-corrected chi connectivity index (χ3v) is 2.82. The Morgan fingerprint density at radius 1 is 1.25 bits per heavy atom. The SMILES string of the molecule is CC(C)(C)c1cnc(N2CCCC2=O)nc1. The van der Waals surface area contributed by atoms with E-state index in [2.05, 4.69) is 30.7 Å². The van der Waals surface area contributed by atoms with Gasteiger partial charge < -0.3 is 0 Å².